The van der Waals surface area contributed by atoms with E-state index in [4.69, 9.17) is 4.55 Å². The molecule has 0 radical (unpaired) electrons. The molecule has 1 heterocycles. The molecule has 1 aliphatic rings. The first-order valence-corrected chi connectivity index (χ1v) is 11.0. The van der Waals surface area contributed by atoms with Crippen molar-refractivity contribution in [3.8, 4) is 11.5 Å². The molecule has 0 bridgehead atoms. The van der Waals surface area contributed by atoms with Gasteiger partial charge in [-0.3, -0.25) is 4.55 Å². The fraction of sp³-hybridized carbons (Fsp3) is 0.333. The summed E-state index contributed by atoms with van der Waals surface area (Å²) in [7, 11) is -1.55. The minimum Gasteiger partial charge on any atom is -0.504 e. The van der Waals surface area contributed by atoms with Crippen molar-refractivity contribution < 1.29 is 23.2 Å². The fourth-order valence-electron chi connectivity index (χ4n) is 3.06. The van der Waals surface area contributed by atoms with E-state index in [0.717, 1.165) is 18.7 Å². The number of thioether (sulfide) groups is 1. The van der Waals surface area contributed by atoms with Crippen molar-refractivity contribution in [1.29, 1.82) is 0 Å². The third-order valence-electron chi connectivity index (χ3n) is 4.09. The molecule has 0 saturated carbocycles. The monoisotopic (exact) mass is 397 g/mol. The maximum absolute atomic E-state index is 9.78. The highest BCUT2D eigenvalue weighted by Gasteiger charge is 2.26. The molecule has 0 spiro atoms. The predicted octanol–water partition coefficient (Wildman–Crippen LogP) is 2.90. The van der Waals surface area contributed by atoms with Crippen LogP contribution in [0.5, 0.6) is 11.5 Å². The summed E-state index contributed by atoms with van der Waals surface area (Å²) >= 11 is 1.77. The second-order valence-electron chi connectivity index (χ2n) is 6.26. The van der Waals surface area contributed by atoms with Crippen LogP contribution in [-0.4, -0.2) is 54.2 Å². The summed E-state index contributed by atoms with van der Waals surface area (Å²) in [4.78, 5) is 3.61. The Kier molecular flexibility index (Phi) is 6.57. The molecule has 0 aliphatic carbocycles. The van der Waals surface area contributed by atoms with Gasteiger partial charge in [0.25, 0.3) is 10.1 Å². The first-order chi connectivity index (χ1) is 12.1. The van der Waals surface area contributed by atoms with E-state index in [-0.39, 0.29) is 17.4 Å². The molecular weight excluding hydrogens is 374 g/mol. The smallest absolute Gasteiger partial charge is 0.261 e. The van der Waals surface area contributed by atoms with E-state index in [2.05, 4.69) is 36.4 Å². The molecular formula is C18H23NO5S2. The van der Waals surface area contributed by atoms with Crippen molar-refractivity contribution in [3.05, 3.63) is 53.1 Å². The SMILES string of the molecule is CS(=O)(=O)O.CSc1cccc2c1CN(C)CC2c1ccc(O)c(O)c1. The lowest BCUT2D eigenvalue weighted by atomic mass is 9.84. The maximum atomic E-state index is 9.78. The Hall–Kier alpha value is -1.74. The van der Waals surface area contributed by atoms with Gasteiger partial charge in [0.1, 0.15) is 0 Å². The zero-order valence-electron chi connectivity index (χ0n) is 14.9. The molecule has 0 amide bonds. The van der Waals surface area contributed by atoms with E-state index in [1.807, 2.05) is 6.07 Å². The molecule has 6 nitrogen and oxygen atoms in total. The Balaban J connectivity index is 0.000000431. The summed E-state index contributed by atoms with van der Waals surface area (Å²) in [5.41, 5.74) is 3.73. The van der Waals surface area contributed by atoms with Gasteiger partial charge in [0.05, 0.1) is 6.26 Å². The van der Waals surface area contributed by atoms with Crippen molar-refractivity contribution in [2.75, 3.05) is 26.1 Å². The average molecular weight is 398 g/mol. The van der Waals surface area contributed by atoms with Crippen molar-refractivity contribution in [2.45, 2.75) is 17.4 Å². The third kappa shape index (κ3) is 5.38. The highest BCUT2D eigenvalue weighted by atomic mass is 32.2. The van der Waals surface area contributed by atoms with Gasteiger partial charge >= 0.3 is 0 Å². The van der Waals surface area contributed by atoms with Gasteiger partial charge in [-0.1, -0.05) is 18.2 Å². The molecule has 0 fully saturated rings. The van der Waals surface area contributed by atoms with Gasteiger partial charge < -0.3 is 15.1 Å². The summed E-state index contributed by atoms with van der Waals surface area (Å²) in [5.74, 6) is 0.0987. The molecule has 1 aliphatic heterocycles. The Bertz CT molecular complexity index is 875. The van der Waals surface area contributed by atoms with E-state index < -0.39 is 10.1 Å². The Morgan fingerprint density at radius 2 is 1.81 bits per heavy atom. The Labute approximate surface area is 158 Å². The van der Waals surface area contributed by atoms with E-state index in [1.54, 1.807) is 23.9 Å². The lowest BCUT2D eigenvalue weighted by molar-refractivity contribution is 0.292. The van der Waals surface area contributed by atoms with E-state index in [1.165, 1.54) is 16.0 Å². The summed E-state index contributed by atoms with van der Waals surface area (Å²) in [5, 5.41) is 19.3. The standard InChI is InChI=1S/C17H19NO2S.CH4O3S/c1-18-9-13(11-6-7-15(19)16(20)8-11)12-4-3-5-17(21-2)14(12)10-18;1-5(2,3)4/h3-8,13,19-20H,9-10H2,1-2H3;1H3,(H,2,3,4). The van der Waals surface area contributed by atoms with Crippen molar-refractivity contribution >= 4 is 21.9 Å². The Morgan fingerprint density at radius 3 is 2.38 bits per heavy atom. The molecule has 1 unspecified atom stereocenters. The Morgan fingerprint density at radius 1 is 1.15 bits per heavy atom. The largest absolute Gasteiger partial charge is 0.504 e. The number of aromatic hydroxyl groups is 2. The van der Waals surface area contributed by atoms with E-state index >= 15 is 0 Å². The first kappa shape index (κ1) is 20.6. The minimum atomic E-state index is -3.67. The van der Waals surface area contributed by atoms with Crippen molar-refractivity contribution in [3.63, 3.8) is 0 Å². The van der Waals surface area contributed by atoms with Crippen molar-refractivity contribution in [2.24, 2.45) is 0 Å². The van der Waals surface area contributed by atoms with Gasteiger partial charge in [0.2, 0.25) is 0 Å². The number of phenolic OH excluding ortho intramolecular Hbond substituents is 2. The van der Waals surface area contributed by atoms with Crippen molar-refractivity contribution in [1.82, 2.24) is 4.90 Å². The predicted molar refractivity (Wildman–Crippen MR) is 104 cm³/mol. The maximum Gasteiger partial charge on any atom is 0.261 e. The number of benzene rings is 2. The molecule has 0 saturated heterocycles. The van der Waals surface area contributed by atoms with Gasteiger partial charge in [-0.25, -0.2) is 0 Å². The second kappa shape index (κ2) is 8.30. The van der Waals surface area contributed by atoms with Crippen LogP contribution in [0.1, 0.15) is 22.6 Å². The summed E-state index contributed by atoms with van der Waals surface area (Å²) < 4.78 is 25.9. The molecule has 26 heavy (non-hydrogen) atoms. The number of hydrogen-bond donors (Lipinski definition) is 3. The van der Waals surface area contributed by atoms with Gasteiger partial charge in [-0.05, 0) is 48.2 Å². The number of hydrogen-bond acceptors (Lipinski definition) is 6. The number of likely N-dealkylation sites (N-methyl/N-ethyl adjacent to an activating group) is 1. The highest BCUT2D eigenvalue weighted by Crippen LogP contribution is 2.39. The molecule has 3 N–H and O–H groups in total. The van der Waals surface area contributed by atoms with Crippen LogP contribution in [0.4, 0.5) is 0 Å². The molecule has 2 aromatic rings. The minimum absolute atomic E-state index is 0.0525. The summed E-state index contributed by atoms with van der Waals surface area (Å²) in [6, 6.07) is 11.6. The van der Waals surface area contributed by atoms with Gasteiger partial charge in [-0.2, -0.15) is 8.42 Å². The third-order valence-corrected chi connectivity index (χ3v) is 4.91. The average Bonchev–Trinajstić information content (AvgIpc) is 2.54. The van der Waals surface area contributed by atoms with Gasteiger partial charge in [0.15, 0.2) is 11.5 Å². The zero-order valence-corrected chi connectivity index (χ0v) is 16.5. The van der Waals surface area contributed by atoms with Crippen LogP contribution in [0, 0.1) is 0 Å². The van der Waals surface area contributed by atoms with Gasteiger partial charge in [0, 0.05) is 23.9 Å². The zero-order chi connectivity index (χ0) is 19.5. The lowest BCUT2D eigenvalue weighted by Gasteiger charge is -2.33. The normalized spacial score (nSPS) is 17.2. The quantitative estimate of drug-likeness (QED) is 0.407. The molecule has 142 valence electrons. The number of phenols is 2. The summed E-state index contributed by atoms with van der Waals surface area (Å²) in [6.45, 7) is 1.86. The topological polar surface area (TPSA) is 98.1 Å². The van der Waals surface area contributed by atoms with Crippen LogP contribution in [0.15, 0.2) is 41.3 Å². The molecule has 0 aromatic heterocycles. The van der Waals surface area contributed by atoms with E-state index in [0.29, 0.717) is 6.26 Å². The first-order valence-electron chi connectivity index (χ1n) is 7.88. The molecule has 3 rings (SSSR count). The molecule has 8 heteroatoms. The van der Waals surface area contributed by atoms with Gasteiger partial charge in [-0.15, -0.1) is 11.8 Å². The molecule has 1 atom stereocenters. The van der Waals surface area contributed by atoms with Crippen LogP contribution in [-0.2, 0) is 16.7 Å². The number of fused-ring (bicyclic) bond motifs is 1. The van der Waals surface area contributed by atoms with E-state index in [9.17, 15) is 18.6 Å². The fourth-order valence-corrected chi connectivity index (χ4v) is 3.70. The van der Waals surface area contributed by atoms with Crippen LogP contribution in [0.3, 0.4) is 0 Å². The molecule has 2 aromatic carbocycles. The van der Waals surface area contributed by atoms with Crippen LogP contribution >= 0.6 is 11.8 Å². The number of rotatable bonds is 2. The van der Waals surface area contributed by atoms with Crippen LogP contribution < -0.4 is 0 Å². The lowest BCUT2D eigenvalue weighted by Crippen LogP contribution is -2.31. The van der Waals surface area contributed by atoms with Crippen LogP contribution in [0.25, 0.3) is 0 Å². The highest BCUT2D eigenvalue weighted by molar-refractivity contribution is 7.98. The number of nitrogens with zero attached hydrogens (tertiary/aromatic N) is 1. The second-order valence-corrected chi connectivity index (χ2v) is 8.57. The van der Waals surface area contributed by atoms with Crippen LogP contribution in [0.2, 0.25) is 0 Å². The summed E-state index contributed by atoms with van der Waals surface area (Å²) in [6.07, 6.45) is 2.82.